The number of aliphatic hydroxyl groups excluding tert-OH is 1. The van der Waals surface area contributed by atoms with Crippen molar-refractivity contribution >= 4 is 76.5 Å². The number of hydrogen-bond acceptors (Lipinski definition) is 23. The molecule has 1 spiro atoms. The molecule has 486 valence electrons. The van der Waals surface area contributed by atoms with Crippen LogP contribution in [0.2, 0.25) is 0 Å². The maximum atomic E-state index is 15.0. The Balaban J connectivity index is 1.42. The van der Waals surface area contributed by atoms with Crippen LogP contribution in [0.5, 0.6) is 17.2 Å². The molecule has 5 aliphatic rings. The number of anilines is 1. The molecule has 1 fully saturated rings. The molecule has 10 atom stereocenters. The van der Waals surface area contributed by atoms with Crippen molar-refractivity contribution in [1.29, 1.82) is 0 Å². The molecular weight excluding hydrogens is 1160 g/mol. The third-order valence-electron chi connectivity index (χ3n) is 16.5. The smallest absolute Gasteiger partial charge is 0.410 e. The summed E-state index contributed by atoms with van der Waals surface area (Å²) < 4.78 is 40.1. The molecule has 2 aromatic rings. The van der Waals surface area contributed by atoms with Gasteiger partial charge in [0, 0.05) is 114 Å². The fraction of sp³-hybridized carbons (Fsp3) is 0.581. The van der Waals surface area contributed by atoms with E-state index >= 15 is 0 Å². The first-order valence-corrected chi connectivity index (χ1v) is 29.6. The molecule has 4 amide bonds. The first kappa shape index (κ1) is 69.8. The number of alkyl carbamates (subject to hydrolysis) is 1. The second kappa shape index (κ2) is 29.8. The monoisotopic (exact) mass is 1250 g/mol. The number of ether oxygens (including phenoxy) is 7. The lowest BCUT2D eigenvalue weighted by molar-refractivity contribution is -0.167. The Hall–Kier alpha value is -8.30. The molecule has 0 aromatic heterocycles. The summed E-state index contributed by atoms with van der Waals surface area (Å²) in [6.45, 7) is 18.3. The van der Waals surface area contributed by atoms with E-state index in [9.17, 15) is 63.3 Å². The van der Waals surface area contributed by atoms with Gasteiger partial charge < -0.3 is 83.8 Å². The lowest BCUT2D eigenvalue weighted by Crippen LogP contribution is -2.50. The van der Waals surface area contributed by atoms with Crippen LogP contribution >= 0.6 is 0 Å². The van der Waals surface area contributed by atoms with E-state index in [1.54, 1.807) is 33.8 Å². The van der Waals surface area contributed by atoms with Gasteiger partial charge in [0.05, 0.1) is 35.1 Å². The quantitative estimate of drug-likeness (QED) is 0.0311. The van der Waals surface area contributed by atoms with Gasteiger partial charge in [0.2, 0.25) is 18.6 Å². The van der Waals surface area contributed by atoms with Gasteiger partial charge in [-0.05, 0) is 32.3 Å². The highest BCUT2D eigenvalue weighted by Crippen LogP contribution is 2.51. The highest BCUT2D eigenvalue weighted by molar-refractivity contribution is 6.21. The largest absolute Gasteiger partial charge is 0.507 e. The number of amides is 4. The molecule has 27 nitrogen and oxygen atoms in total. The van der Waals surface area contributed by atoms with Crippen molar-refractivity contribution in [3.05, 3.63) is 58.0 Å². The lowest BCUT2D eigenvalue weighted by atomic mass is 9.78. The van der Waals surface area contributed by atoms with Crippen LogP contribution in [0.25, 0.3) is 10.8 Å². The van der Waals surface area contributed by atoms with Gasteiger partial charge in [-0.25, -0.2) is 9.79 Å². The molecule has 6 N–H and O–H groups in total. The van der Waals surface area contributed by atoms with E-state index in [0.717, 1.165) is 11.4 Å². The summed E-state index contributed by atoms with van der Waals surface area (Å²) in [6, 6.07) is -3.07. The minimum absolute atomic E-state index is 0.0240. The van der Waals surface area contributed by atoms with Crippen molar-refractivity contribution < 1.29 is 96.4 Å². The Kier molecular flexibility index (Phi) is 23.4. The number of nitrogens with zero attached hydrogens (tertiary/aromatic N) is 4. The molecule has 10 unspecified atom stereocenters. The van der Waals surface area contributed by atoms with Gasteiger partial charge in [0.1, 0.15) is 71.3 Å². The summed E-state index contributed by atoms with van der Waals surface area (Å²) >= 11 is 0. The van der Waals surface area contributed by atoms with Gasteiger partial charge in [0.15, 0.2) is 5.75 Å². The SMILES string of the molecule is CCC(=O)OCOC(=O)NC(CCC(=O)NC(C=O)C=O)C(=O)N(C)CC(=O)OC1C(C)C=C/C=C(/C)C(=O)N=c2c(O)c3c(O)c(C)c4c(c3c3c2=NC2(CCN(CC(C)C)CC2)N3)C(=O)C(C)(OC=CC(OC)C(C)C(OC(C)=O)C(C)C(O)C1C)O4. The topological polar surface area (TPSA) is 363 Å². The average molecular weight is 1250 g/mol. The summed E-state index contributed by atoms with van der Waals surface area (Å²) in [5.74, 6) is -12.1. The van der Waals surface area contributed by atoms with Gasteiger partial charge in [-0.2, -0.15) is 0 Å². The van der Waals surface area contributed by atoms with Crippen LogP contribution in [0.1, 0.15) is 117 Å². The number of ketones is 1. The Labute approximate surface area is 515 Å². The standard InChI is InChI=1S/C62H83N7O20/c1-14-43(74)84-30-85-60(82)64-40(18-19-42(73)63-39(28-70)29-71)59(81)68(12)27-44(75)88-54-32(4)16-15-17-33(5)58(80)65-50-49-48(66-62(67-49)21-23-69(24-22-62)26-31(2)3)45-46(53(50)78)52(77)37(9)56-47(45)57(79)61(11,89-56)86-25-20-41(83-13)34(6)55(87-38(10)72)36(8)51(76)35(54)7/h15-17,20,25,28-29,31-32,34-36,39-41,51,54-55,66,76-78H,14,18-19,21-24,26-27,30H2,1-13H3,(H,63,73)(H,64,82)/b16-15?,25-20?,33-17-,65-50?. The van der Waals surface area contributed by atoms with E-state index in [-0.39, 0.29) is 68.6 Å². The number of piperidine rings is 1. The van der Waals surface area contributed by atoms with E-state index in [2.05, 4.69) is 39.7 Å². The van der Waals surface area contributed by atoms with Gasteiger partial charge in [0.25, 0.3) is 11.7 Å². The van der Waals surface area contributed by atoms with Gasteiger partial charge in [-0.1, -0.05) is 66.7 Å². The number of benzene rings is 2. The number of Topliss-reactive ketones (excluding diaryl/α,β-unsaturated/α-hetero) is 1. The second-order valence-electron chi connectivity index (χ2n) is 23.7. The predicted molar refractivity (Wildman–Crippen MR) is 317 cm³/mol. The normalized spacial score (nSPS) is 25.3. The van der Waals surface area contributed by atoms with Crippen molar-refractivity contribution in [1.82, 2.24) is 20.4 Å². The number of phenols is 2. The number of aliphatic hydroxyl groups is 1. The van der Waals surface area contributed by atoms with Crippen LogP contribution in [-0.4, -0.2) is 180 Å². The molecule has 0 saturated carbocycles. The molecular formula is C62H83N7O20. The second-order valence-corrected chi connectivity index (χ2v) is 23.7. The van der Waals surface area contributed by atoms with Gasteiger partial charge >= 0.3 is 29.8 Å². The minimum Gasteiger partial charge on any atom is -0.507 e. The van der Waals surface area contributed by atoms with Crippen LogP contribution in [0.4, 0.5) is 10.5 Å². The Bertz CT molecular complexity index is 3290. The Morgan fingerprint density at radius 1 is 0.910 bits per heavy atom. The Morgan fingerprint density at radius 2 is 1.57 bits per heavy atom. The fourth-order valence-electron chi connectivity index (χ4n) is 11.5. The molecule has 5 bridgehead atoms. The number of rotatable bonds is 18. The predicted octanol–water partition coefficient (Wildman–Crippen LogP) is 3.43. The summed E-state index contributed by atoms with van der Waals surface area (Å²) in [5, 5.41) is 44.4. The first-order valence-electron chi connectivity index (χ1n) is 29.6. The minimum atomic E-state index is -2.08. The highest BCUT2D eigenvalue weighted by Gasteiger charge is 2.51. The number of phenolic OH excluding ortho intramolecular Hbond substituents is 2. The fourth-order valence-corrected chi connectivity index (χ4v) is 11.5. The number of esters is 3. The maximum Gasteiger partial charge on any atom is 0.410 e. The number of likely N-dealkylation sites (N-methyl/N-ethyl adjacent to an activating group) is 1. The number of aromatic hydroxyl groups is 2. The van der Waals surface area contributed by atoms with Gasteiger partial charge in [-0.15, -0.1) is 0 Å². The average Bonchev–Trinajstić information content (AvgIpc) is 1.59. The molecule has 89 heavy (non-hydrogen) atoms. The van der Waals surface area contributed by atoms with Crippen molar-refractivity contribution in [2.24, 2.45) is 39.6 Å². The number of aldehydes is 2. The molecule has 27 heteroatoms. The zero-order chi connectivity index (χ0) is 66.0. The van der Waals surface area contributed by atoms with Crippen molar-refractivity contribution in [2.75, 3.05) is 52.4 Å². The zero-order valence-corrected chi connectivity index (χ0v) is 52.5. The van der Waals surface area contributed by atoms with E-state index in [0.29, 0.717) is 31.8 Å². The number of hydrogen-bond donors (Lipinski definition) is 6. The van der Waals surface area contributed by atoms with E-state index in [1.165, 1.54) is 73.3 Å². The van der Waals surface area contributed by atoms with Crippen LogP contribution < -0.4 is 31.4 Å². The summed E-state index contributed by atoms with van der Waals surface area (Å²) in [7, 11) is 2.58. The molecule has 0 aliphatic carbocycles. The lowest BCUT2D eigenvalue weighted by Gasteiger charge is -2.39. The van der Waals surface area contributed by atoms with Crippen molar-refractivity contribution in [2.45, 2.75) is 156 Å². The van der Waals surface area contributed by atoms with Crippen LogP contribution in [0.15, 0.2) is 46.1 Å². The molecule has 5 aliphatic heterocycles. The molecule has 5 heterocycles. The number of allylic oxidation sites excluding steroid dienone is 2. The Morgan fingerprint density at radius 3 is 2.19 bits per heavy atom. The number of methoxy groups -OCH3 is 1. The first-order chi connectivity index (χ1) is 41.9. The van der Waals surface area contributed by atoms with Crippen LogP contribution in [0, 0.1) is 36.5 Å². The van der Waals surface area contributed by atoms with Crippen LogP contribution in [0.3, 0.4) is 0 Å². The maximum absolute atomic E-state index is 15.0. The number of carbonyl (C=O) groups is 10. The van der Waals surface area contributed by atoms with Gasteiger partial charge in [-0.3, -0.25) is 38.6 Å². The van der Waals surface area contributed by atoms with Crippen molar-refractivity contribution in [3.63, 3.8) is 0 Å². The summed E-state index contributed by atoms with van der Waals surface area (Å²) in [4.78, 5) is 143. The number of carbonyl (C=O) groups excluding carboxylic acids is 10. The zero-order valence-electron chi connectivity index (χ0n) is 52.5. The summed E-state index contributed by atoms with van der Waals surface area (Å²) in [6.07, 6.45) is 1.47. The van der Waals surface area contributed by atoms with E-state index in [1.807, 2.05) is 0 Å². The highest BCUT2D eigenvalue weighted by atomic mass is 16.7. The molecule has 2 aromatic carbocycles. The van der Waals surface area contributed by atoms with Crippen molar-refractivity contribution in [3.8, 4) is 17.2 Å². The summed E-state index contributed by atoms with van der Waals surface area (Å²) in [5.41, 5.74) is -0.642. The number of likely N-dealkylation sites (tertiary alicyclic amines) is 1. The third kappa shape index (κ3) is 16.1. The van der Waals surface area contributed by atoms with Crippen LogP contribution in [-0.2, 0) is 66.8 Å². The molecule has 1 saturated heterocycles. The number of fused-ring (bicyclic) bond motifs is 13. The number of nitrogens with one attached hydrogen (secondary N) is 3. The third-order valence-corrected chi connectivity index (χ3v) is 16.5. The molecule has 0 radical (unpaired) electrons. The van der Waals surface area contributed by atoms with E-state index < -0.39 is 157 Å². The molecule has 7 rings (SSSR count). The van der Waals surface area contributed by atoms with E-state index in [4.69, 9.17) is 38.2 Å².